The highest BCUT2D eigenvalue weighted by Crippen LogP contribution is 2.48. The maximum absolute atomic E-state index is 12.8. The number of aromatic nitrogens is 4. The van der Waals surface area contributed by atoms with Gasteiger partial charge in [0.05, 0.1) is 38.8 Å². The molecule has 9 aromatic carbocycles. The molecule has 0 fully saturated rings. The number of aromatic hydroxyl groups is 1. The Morgan fingerprint density at radius 1 is 0.519 bits per heavy atom. The summed E-state index contributed by atoms with van der Waals surface area (Å²) in [5, 5.41) is 16.3. The molecule has 0 amide bonds. The van der Waals surface area contributed by atoms with Crippen LogP contribution in [0.1, 0.15) is 103 Å². The van der Waals surface area contributed by atoms with E-state index >= 15 is 0 Å². The molecule has 12 aromatic rings. The summed E-state index contributed by atoms with van der Waals surface area (Å²) in [6.45, 7) is 22.5. The number of ether oxygens (including phenoxy) is 1. The van der Waals surface area contributed by atoms with Crippen LogP contribution in [0.3, 0.4) is 0 Å². The lowest BCUT2D eigenvalue weighted by Gasteiger charge is -2.28. The first-order valence-electron chi connectivity index (χ1n) is 27.4. The number of benzene rings is 9. The number of pyridine rings is 1. The van der Waals surface area contributed by atoms with Gasteiger partial charge in [0.2, 0.25) is 0 Å². The van der Waals surface area contributed by atoms with E-state index in [4.69, 9.17) is 14.7 Å². The van der Waals surface area contributed by atoms with Crippen molar-refractivity contribution in [2.24, 2.45) is 0 Å². The monoisotopic (exact) mass is 1000 g/mol. The molecule has 0 radical (unpaired) electrons. The van der Waals surface area contributed by atoms with E-state index in [0.29, 0.717) is 5.82 Å². The van der Waals surface area contributed by atoms with Crippen LogP contribution in [0.4, 0.5) is 0 Å². The van der Waals surface area contributed by atoms with Gasteiger partial charge in [-0.3, -0.25) is 8.97 Å². The Kier molecular flexibility index (Phi) is 10.3. The largest absolute Gasteiger partial charge is 0.507 e. The third-order valence-corrected chi connectivity index (χ3v) is 16.7. The summed E-state index contributed by atoms with van der Waals surface area (Å²) >= 11 is 0. The lowest BCUT2D eigenvalue weighted by Crippen LogP contribution is -2.51. The molecule has 0 unspecified atom stereocenters. The van der Waals surface area contributed by atoms with E-state index in [1.165, 1.54) is 60.5 Å². The zero-order valence-electron chi connectivity index (χ0n) is 45.5. The highest BCUT2D eigenvalue weighted by Gasteiger charge is 2.42. The molecule has 0 spiro atoms. The third-order valence-electron chi connectivity index (χ3n) is 16.7. The smallest absolute Gasteiger partial charge is 0.252 e. The normalized spacial score (nSPS) is 13.2. The van der Waals surface area contributed by atoms with Gasteiger partial charge in [-0.05, 0) is 121 Å². The molecule has 77 heavy (non-hydrogen) atoms. The van der Waals surface area contributed by atoms with Crippen molar-refractivity contribution in [1.29, 1.82) is 0 Å². The number of hydrogen-bond acceptors (Lipinski definition) is 4. The number of nitrogens with zero attached hydrogens (tertiary/aromatic N) is 4. The fourth-order valence-electron chi connectivity index (χ4n) is 12.9. The Balaban J connectivity index is 1.07. The number of phenols is 1. The van der Waals surface area contributed by atoms with Crippen molar-refractivity contribution in [2.75, 3.05) is 0 Å². The van der Waals surface area contributed by atoms with Crippen LogP contribution >= 0.6 is 0 Å². The van der Waals surface area contributed by atoms with Crippen LogP contribution in [-0.4, -0.2) is 30.8 Å². The number of para-hydroxylation sites is 4. The van der Waals surface area contributed by atoms with Gasteiger partial charge in [0.15, 0.2) is 0 Å². The van der Waals surface area contributed by atoms with Crippen LogP contribution < -0.4 is 21.1 Å². The number of hydrogen-bond donors (Lipinski definition) is 1. The Hall–Kier alpha value is -8.42. The Bertz CT molecular complexity index is 4440. The Morgan fingerprint density at radius 3 is 1.86 bits per heavy atom. The molecule has 14 rings (SSSR count). The summed E-state index contributed by atoms with van der Waals surface area (Å²) in [6, 6.07) is 61.6. The summed E-state index contributed by atoms with van der Waals surface area (Å²) in [7, 11) is 0. The van der Waals surface area contributed by atoms with E-state index in [0.717, 1.165) is 83.6 Å². The zero-order chi connectivity index (χ0) is 53.0. The predicted octanol–water partition coefficient (Wildman–Crippen LogP) is 16.3. The first kappa shape index (κ1) is 47.1. The fraction of sp³-hybridized carbons (Fsp3) is 0.200. The zero-order valence-corrected chi connectivity index (χ0v) is 45.5. The number of rotatable bonds is 6. The summed E-state index contributed by atoms with van der Waals surface area (Å²) in [5.41, 5.74) is 22.1. The second kappa shape index (κ2) is 16.8. The van der Waals surface area contributed by atoms with E-state index in [1.54, 1.807) is 0 Å². The van der Waals surface area contributed by atoms with Crippen molar-refractivity contribution in [1.82, 2.24) is 18.9 Å². The summed E-state index contributed by atoms with van der Waals surface area (Å²) in [5.74, 6) is 3.14. The maximum atomic E-state index is 12.8. The molecule has 0 atom stereocenters. The molecular formula is C70H61BN4O2. The molecule has 376 valence electrons. The fourth-order valence-corrected chi connectivity index (χ4v) is 12.9. The van der Waals surface area contributed by atoms with Crippen molar-refractivity contribution >= 4 is 72.5 Å². The molecule has 3 aromatic heterocycles. The van der Waals surface area contributed by atoms with E-state index in [1.807, 2.05) is 0 Å². The molecule has 2 aliphatic heterocycles. The highest BCUT2D eigenvalue weighted by molar-refractivity contribution is 7.00. The highest BCUT2D eigenvalue weighted by atomic mass is 16.5. The van der Waals surface area contributed by atoms with E-state index < -0.39 is 0 Å². The second-order valence-electron chi connectivity index (χ2n) is 24.2. The van der Waals surface area contributed by atoms with Gasteiger partial charge in [0.25, 0.3) is 6.71 Å². The molecule has 5 heterocycles. The van der Waals surface area contributed by atoms with Crippen molar-refractivity contribution in [2.45, 2.75) is 91.9 Å². The van der Waals surface area contributed by atoms with Crippen LogP contribution in [0.2, 0.25) is 0 Å². The van der Waals surface area contributed by atoms with Crippen molar-refractivity contribution in [3.05, 3.63) is 192 Å². The molecule has 0 aliphatic carbocycles. The topological polar surface area (TPSA) is 64.6 Å². The molecule has 0 saturated heterocycles. The number of phenolic OH excluding ortho intramolecular Hbond substituents is 1. The minimum Gasteiger partial charge on any atom is -0.507 e. The minimum atomic E-state index is -0.346. The van der Waals surface area contributed by atoms with Gasteiger partial charge in [-0.15, -0.1) is 0 Å². The van der Waals surface area contributed by atoms with Gasteiger partial charge in [-0.1, -0.05) is 196 Å². The lowest BCUT2D eigenvalue weighted by molar-refractivity contribution is 0.446. The average Bonchev–Trinajstić information content (AvgIpc) is 4.33. The van der Waals surface area contributed by atoms with Crippen molar-refractivity contribution in [3.63, 3.8) is 0 Å². The van der Waals surface area contributed by atoms with Crippen molar-refractivity contribution < 1.29 is 9.84 Å². The van der Waals surface area contributed by atoms with Crippen LogP contribution in [0.5, 0.6) is 17.2 Å². The molecule has 6 nitrogen and oxygen atoms in total. The van der Waals surface area contributed by atoms with Gasteiger partial charge in [-0.25, -0.2) is 9.97 Å². The van der Waals surface area contributed by atoms with Crippen LogP contribution in [0.15, 0.2) is 170 Å². The van der Waals surface area contributed by atoms with Crippen LogP contribution in [-0.2, 0) is 10.8 Å². The second-order valence-corrected chi connectivity index (χ2v) is 24.2. The summed E-state index contributed by atoms with van der Waals surface area (Å²) < 4.78 is 11.4. The standard InChI is InChI=1S/C70H61BN4O2/c1-39(2)49-35-42(41-21-12-11-13-22-41)36-50(40(3)4)65(49)75-57-30-19-25-45(64(57)73-68(75)51-37-43(69(5,6)7)38-52(66(51)76)70(8,9)10)44-24-18-29-56-63(44)72-67-48-33-34-54-61(60(48)46-23-14-16-28-55(46)74(56)67)47-26-20-32-59-62(47)71(54)53-27-15-17-31-58(53)77-59/h11-40,76H,1-10H3. The van der Waals surface area contributed by atoms with Crippen LogP contribution in [0.25, 0.3) is 99.8 Å². The first-order chi connectivity index (χ1) is 37.1. The Labute approximate surface area is 450 Å². The predicted molar refractivity (Wildman–Crippen MR) is 322 cm³/mol. The first-order valence-corrected chi connectivity index (χ1v) is 27.4. The maximum Gasteiger partial charge on any atom is 0.252 e. The summed E-state index contributed by atoms with van der Waals surface area (Å²) in [4.78, 5) is 11.6. The van der Waals surface area contributed by atoms with Gasteiger partial charge in [0, 0.05) is 32.8 Å². The van der Waals surface area contributed by atoms with E-state index in [9.17, 15) is 5.11 Å². The van der Waals surface area contributed by atoms with Gasteiger partial charge in [0.1, 0.15) is 28.7 Å². The molecular weight excluding hydrogens is 940 g/mol. The average molecular weight is 1000 g/mol. The number of fused-ring (bicyclic) bond motifs is 15. The molecule has 7 heteroatoms. The van der Waals surface area contributed by atoms with Gasteiger partial charge < -0.3 is 9.84 Å². The lowest BCUT2D eigenvalue weighted by atomic mass is 9.38. The molecule has 2 aliphatic rings. The molecule has 0 saturated carbocycles. The van der Waals surface area contributed by atoms with E-state index in [2.05, 4.69) is 248 Å². The third kappa shape index (κ3) is 6.95. The SMILES string of the molecule is CC(C)c1cc(-c2ccccc2)cc(C(C)C)c1-n1c(-c2cc(C(C)(C)C)cc(C(C)(C)C)c2O)nc2c(-c3cccc4c3nc3c5ccc6c(c5c5ccccc5n43)-c3cccc4c3B6c3ccccc3O4)cccc21. The summed E-state index contributed by atoms with van der Waals surface area (Å²) in [6.07, 6.45) is 0. The van der Waals surface area contributed by atoms with Gasteiger partial charge in [-0.2, -0.15) is 0 Å². The van der Waals surface area contributed by atoms with Crippen molar-refractivity contribution in [3.8, 4) is 67.7 Å². The number of imidazole rings is 2. The molecule has 1 N–H and O–H groups in total. The quantitative estimate of drug-likeness (QED) is 0.133. The van der Waals surface area contributed by atoms with E-state index in [-0.39, 0.29) is 35.1 Å². The van der Waals surface area contributed by atoms with Gasteiger partial charge >= 0.3 is 0 Å². The molecule has 0 bridgehead atoms. The Morgan fingerprint density at radius 2 is 1.14 bits per heavy atom. The van der Waals surface area contributed by atoms with Crippen LogP contribution in [0, 0.1) is 0 Å². The minimum absolute atomic E-state index is 0.0732.